The van der Waals surface area contributed by atoms with Crippen LogP contribution in [0.25, 0.3) is 21.0 Å². The molecule has 0 aliphatic carbocycles. The molecule has 3 heterocycles. The number of nitrogens with zero attached hydrogens (tertiary/aromatic N) is 2. The lowest BCUT2D eigenvalue weighted by Crippen LogP contribution is -2.46. The highest BCUT2D eigenvalue weighted by Gasteiger charge is 2.18. The topological polar surface area (TPSA) is 48.6 Å². The molecule has 1 N–H and O–H groups in total. The number of nitrogens with one attached hydrogen (secondary N) is 1. The number of hydrogen-bond donors (Lipinski definition) is 1. The number of thiophene rings is 1. The minimum atomic E-state index is -0.0863. The summed E-state index contributed by atoms with van der Waals surface area (Å²) in [6, 6.07) is 18.1. The van der Waals surface area contributed by atoms with E-state index in [0.717, 1.165) is 62.2 Å². The number of unbranched alkanes of at least 4 members (excludes halogenated alkanes) is 1. The smallest absolute Gasteiger partial charge is 0.248 e. The molecule has 1 aliphatic heterocycles. The van der Waals surface area contributed by atoms with Crippen molar-refractivity contribution < 1.29 is 6.16 Å². The van der Waals surface area contributed by atoms with Gasteiger partial charge in [-0.15, -0.1) is 11.3 Å². The van der Waals surface area contributed by atoms with E-state index in [4.69, 9.17) is 4.74 Å². The summed E-state index contributed by atoms with van der Waals surface area (Å²) in [5, 5.41) is 4.58. The first kappa shape index (κ1) is 20.1. The predicted molar refractivity (Wildman–Crippen MR) is 132 cm³/mol. The van der Waals surface area contributed by atoms with Gasteiger partial charge in [-0.2, -0.15) is 0 Å². The predicted octanol–water partition coefficient (Wildman–Crippen LogP) is 4.97. The third kappa shape index (κ3) is 4.60. The maximum atomic E-state index is 11.5. The van der Waals surface area contributed by atoms with Crippen LogP contribution in [0, 0.1) is 0 Å². The lowest BCUT2D eigenvalue weighted by Gasteiger charge is -2.36. The van der Waals surface area contributed by atoms with Crippen molar-refractivity contribution in [3.05, 3.63) is 70.3 Å². The quantitative estimate of drug-likeness (QED) is 0.417. The Morgan fingerprint density at radius 2 is 1.87 bits per heavy atom. The summed E-state index contributed by atoms with van der Waals surface area (Å²) in [5.41, 5.74) is 2.11. The number of rotatable bonds is 7. The summed E-state index contributed by atoms with van der Waals surface area (Å²) in [6.45, 7) is 6.20. The van der Waals surface area contributed by atoms with Crippen molar-refractivity contribution >= 4 is 38.0 Å². The zero-order valence-corrected chi connectivity index (χ0v) is 18.4. The van der Waals surface area contributed by atoms with Crippen molar-refractivity contribution in [2.75, 3.05) is 44.2 Å². The summed E-state index contributed by atoms with van der Waals surface area (Å²) in [6.07, 6.45) is 2.16. The summed E-state index contributed by atoms with van der Waals surface area (Å²) in [7, 11) is 0. The Labute approximate surface area is 187 Å². The van der Waals surface area contributed by atoms with Crippen molar-refractivity contribution in [3.8, 4) is 5.75 Å². The molecule has 1 saturated heterocycles. The normalized spacial score (nSPS) is 15.0. The molecule has 0 unspecified atom stereocenters. The van der Waals surface area contributed by atoms with E-state index in [2.05, 4.69) is 44.4 Å². The number of aromatic amines is 1. The molecule has 1 aliphatic rings. The first-order chi connectivity index (χ1) is 15.3. The molecule has 2 aromatic carbocycles. The number of ether oxygens (including phenoxy) is 1. The molecule has 6 heteroatoms. The molecule has 0 atom stereocenters. The van der Waals surface area contributed by atoms with Gasteiger partial charge in [-0.1, -0.05) is 6.07 Å². The lowest BCUT2D eigenvalue weighted by atomic mass is 10.2. The van der Waals surface area contributed by atoms with Crippen LogP contribution < -0.4 is 15.2 Å². The van der Waals surface area contributed by atoms with Gasteiger partial charge in [0.1, 0.15) is 5.75 Å². The summed E-state index contributed by atoms with van der Waals surface area (Å²) in [5.74, 6) is 0.811. The van der Waals surface area contributed by atoms with Gasteiger partial charge in [0.25, 0.3) is 0 Å². The number of piperazine rings is 1. The Morgan fingerprint density at radius 3 is 2.77 bits per heavy atom. The number of pyridine rings is 1. The number of fused-ring (bicyclic) bond motifs is 2. The van der Waals surface area contributed by atoms with Crippen LogP contribution >= 0.6 is 11.3 Å². The van der Waals surface area contributed by atoms with Crippen LogP contribution in [0.3, 0.4) is 0 Å². The summed E-state index contributed by atoms with van der Waals surface area (Å²) in [4.78, 5) is 19.4. The lowest BCUT2D eigenvalue weighted by molar-refractivity contribution is 0.239. The van der Waals surface area contributed by atoms with Gasteiger partial charge < -0.3 is 14.6 Å². The molecule has 5 rings (SSSR count). The standard InChI is InChI=1S/C25H27N3O2S.H2/c29-25-9-7-19-6-8-20(18-22(19)26-25)30-16-2-1-11-27-12-14-28(15-13-27)23-4-3-5-24-21(23)10-17-31-24;/h3-10,17-18H,1-2,11-16H2,(H,26,29);1H. The van der Waals surface area contributed by atoms with Crippen molar-refractivity contribution in [1.82, 2.24) is 9.88 Å². The van der Waals surface area contributed by atoms with E-state index >= 15 is 0 Å². The average Bonchev–Trinajstić information content (AvgIpc) is 3.28. The van der Waals surface area contributed by atoms with Crippen LogP contribution in [0.1, 0.15) is 14.3 Å². The van der Waals surface area contributed by atoms with E-state index < -0.39 is 0 Å². The van der Waals surface area contributed by atoms with Crippen LogP contribution in [0.15, 0.2) is 64.8 Å². The van der Waals surface area contributed by atoms with Gasteiger partial charge in [-0.25, -0.2) is 0 Å². The largest absolute Gasteiger partial charge is 0.494 e. The van der Waals surface area contributed by atoms with E-state index in [1.54, 1.807) is 6.07 Å². The van der Waals surface area contributed by atoms with Crippen LogP contribution in [0.2, 0.25) is 0 Å². The van der Waals surface area contributed by atoms with Gasteiger partial charge in [0, 0.05) is 55.5 Å². The number of anilines is 1. The summed E-state index contributed by atoms with van der Waals surface area (Å²) >= 11 is 1.82. The van der Waals surface area contributed by atoms with Crippen LogP contribution in [0.5, 0.6) is 5.75 Å². The van der Waals surface area contributed by atoms with E-state index in [0.29, 0.717) is 6.61 Å². The number of benzene rings is 2. The van der Waals surface area contributed by atoms with Crippen LogP contribution in [0.4, 0.5) is 5.69 Å². The van der Waals surface area contributed by atoms with Crippen LogP contribution in [-0.2, 0) is 0 Å². The molecule has 0 amide bonds. The number of hydrogen-bond acceptors (Lipinski definition) is 5. The molecule has 5 nitrogen and oxygen atoms in total. The molecule has 162 valence electrons. The molecular formula is C25H29N3O2S. The fourth-order valence-corrected chi connectivity index (χ4v) is 5.12. The molecule has 0 saturated carbocycles. The first-order valence-electron chi connectivity index (χ1n) is 11.0. The Balaban J connectivity index is 0.00000245. The van der Waals surface area contributed by atoms with Crippen LogP contribution in [-0.4, -0.2) is 49.2 Å². The van der Waals surface area contributed by atoms with Gasteiger partial charge in [-0.3, -0.25) is 9.69 Å². The molecule has 1 fully saturated rings. The molecular weight excluding hydrogens is 406 g/mol. The van der Waals surface area contributed by atoms with Gasteiger partial charge in [0.15, 0.2) is 0 Å². The molecule has 2 aromatic heterocycles. The minimum Gasteiger partial charge on any atom is -0.494 e. The number of aromatic nitrogens is 1. The highest BCUT2D eigenvalue weighted by atomic mass is 32.1. The van der Waals surface area contributed by atoms with Crippen molar-refractivity contribution in [1.29, 1.82) is 0 Å². The third-order valence-corrected chi connectivity index (χ3v) is 6.90. The van der Waals surface area contributed by atoms with E-state index in [9.17, 15) is 4.79 Å². The Bertz CT molecular complexity index is 1230. The maximum Gasteiger partial charge on any atom is 0.248 e. The van der Waals surface area contributed by atoms with E-state index in [-0.39, 0.29) is 6.99 Å². The summed E-state index contributed by atoms with van der Waals surface area (Å²) < 4.78 is 7.28. The van der Waals surface area contributed by atoms with Crippen molar-refractivity contribution in [3.63, 3.8) is 0 Å². The Morgan fingerprint density at radius 1 is 1.00 bits per heavy atom. The highest BCUT2D eigenvalue weighted by Crippen LogP contribution is 2.31. The molecule has 0 radical (unpaired) electrons. The van der Waals surface area contributed by atoms with E-state index in [1.165, 1.54) is 15.8 Å². The molecule has 4 aromatic rings. The monoisotopic (exact) mass is 435 g/mol. The average molecular weight is 436 g/mol. The van der Waals surface area contributed by atoms with Crippen molar-refractivity contribution in [2.24, 2.45) is 0 Å². The maximum absolute atomic E-state index is 11.5. The fraction of sp³-hybridized carbons (Fsp3) is 0.320. The van der Waals surface area contributed by atoms with Gasteiger partial charge in [-0.05, 0) is 66.6 Å². The third-order valence-electron chi connectivity index (χ3n) is 6.02. The second-order valence-electron chi connectivity index (χ2n) is 8.07. The van der Waals surface area contributed by atoms with Crippen molar-refractivity contribution in [2.45, 2.75) is 12.8 Å². The minimum absolute atomic E-state index is 0. The molecule has 31 heavy (non-hydrogen) atoms. The molecule has 0 bridgehead atoms. The zero-order valence-electron chi connectivity index (χ0n) is 17.5. The fourth-order valence-electron chi connectivity index (χ4n) is 4.31. The van der Waals surface area contributed by atoms with Gasteiger partial charge in [0.2, 0.25) is 5.56 Å². The SMILES string of the molecule is O=c1ccc2ccc(OCCCCN3CCN(c4cccc5sccc45)CC3)cc2[nH]1.[HH]. The Hall–Kier alpha value is -2.83. The second-order valence-corrected chi connectivity index (χ2v) is 9.01. The van der Waals surface area contributed by atoms with Gasteiger partial charge in [0.05, 0.1) is 12.1 Å². The first-order valence-corrected chi connectivity index (χ1v) is 11.8. The number of H-pyrrole nitrogens is 1. The highest BCUT2D eigenvalue weighted by molar-refractivity contribution is 7.17. The van der Waals surface area contributed by atoms with Gasteiger partial charge >= 0.3 is 0 Å². The zero-order chi connectivity index (χ0) is 21.0. The Kier molecular flexibility index (Phi) is 5.91. The second kappa shape index (κ2) is 9.12. The van der Waals surface area contributed by atoms with E-state index in [1.807, 2.05) is 35.6 Å². The molecule has 0 spiro atoms.